The van der Waals surface area contributed by atoms with Gasteiger partial charge in [-0.15, -0.1) is 0 Å². The summed E-state index contributed by atoms with van der Waals surface area (Å²) >= 11 is 0. The number of hydrogen-bond acceptors (Lipinski definition) is 4. The van der Waals surface area contributed by atoms with E-state index in [1.807, 2.05) is 43.3 Å². The molecule has 2 amide bonds. The number of para-hydroxylation sites is 2. The van der Waals surface area contributed by atoms with Crippen molar-refractivity contribution in [1.29, 1.82) is 0 Å². The molecule has 0 spiro atoms. The van der Waals surface area contributed by atoms with Gasteiger partial charge in [0.1, 0.15) is 5.82 Å². The summed E-state index contributed by atoms with van der Waals surface area (Å²) in [6.07, 6.45) is 3.90. The molecule has 1 saturated carbocycles. The lowest BCUT2D eigenvalue weighted by Crippen LogP contribution is -2.42. The molecule has 0 saturated heterocycles. The smallest absolute Gasteiger partial charge is 0.319 e. The highest BCUT2D eigenvalue weighted by molar-refractivity contribution is 5.93. The summed E-state index contributed by atoms with van der Waals surface area (Å²) in [4.78, 5) is 19.3. The van der Waals surface area contributed by atoms with Crippen LogP contribution < -0.4 is 20.9 Å². The molecule has 3 aromatic rings. The summed E-state index contributed by atoms with van der Waals surface area (Å²) < 4.78 is 0. The molecule has 1 heterocycles. The van der Waals surface area contributed by atoms with Gasteiger partial charge in [-0.25, -0.2) is 9.78 Å². The molecule has 0 bridgehead atoms. The third-order valence-electron chi connectivity index (χ3n) is 5.98. The first-order chi connectivity index (χ1) is 15.0. The van der Waals surface area contributed by atoms with Gasteiger partial charge in [0.05, 0.1) is 5.52 Å². The van der Waals surface area contributed by atoms with Crippen molar-refractivity contribution in [3.8, 4) is 0 Å². The lowest BCUT2D eigenvalue weighted by atomic mass is 9.91. The summed E-state index contributed by atoms with van der Waals surface area (Å²) in [7, 11) is 4.12. The zero-order valence-corrected chi connectivity index (χ0v) is 18.5. The number of fused-ring (bicyclic) bond motifs is 1. The molecule has 6 heteroatoms. The number of nitrogens with zero attached hydrogens (tertiary/aromatic N) is 2. The number of pyridine rings is 1. The molecule has 31 heavy (non-hydrogen) atoms. The van der Waals surface area contributed by atoms with E-state index in [0.717, 1.165) is 59.3 Å². The number of benzene rings is 2. The highest BCUT2D eigenvalue weighted by Gasteiger charge is 2.23. The Morgan fingerprint density at radius 1 is 0.968 bits per heavy atom. The van der Waals surface area contributed by atoms with Crippen LogP contribution in [0.4, 0.5) is 22.0 Å². The minimum Gasteiger partial charge on any atom is -0.377 e. The van der Waals surface area contributed by atoms with Gasteiger partial charge in [0.2, 0.25) is 0 Å². The van der Waals surface area contributed by atoms with E-state index in [4.69, 9.17) is 4.98 Å². The molecule has 1 aliphatic carbocycles. The number of urea groups is 1. The second-order valence-corrected chi connectivity index (χ2v) is 8.54. The van der Waals surface area contributed by atoms with Crippen LogP contribution in [0.1, 0.15) is 31.2 Å². The van der Waals surface area contributed by atoms with Crippen LogP contribution in [-0.2, 0) is 0 Å². The Labute approximate surface area is 184 Å². The molecular formula is C25H31N5O. The number of anilines is 3. The Bertz CT molecular complexity index is 1060. The molecule has 3 N–H and O–H groups in total. The van der Waals surface area contributed by atoms with Crippen LogP contribution in [0.5, 0.6) is 0 Å². The zero-order chi connectivity index (χ0) is 21.8. The first-order valence-corrected chi connectivity index (χ1v) is 11.0. The largest absolute Gasteiger partial charge is 0.377 e. The van der Waals surface area contributed by atoms with Gasteiger partial charge in [-0.05, 0) is 50.3 Å². The maximum atomic E-state index is 12.4. The van der Waals surface area contributed by atoms with Crippen molar-refractivity contribution in [3.05, 3.63) is 60.2 Å². The predicted octanol–water partition coefficient (Wildman–Crippen LogP) is 5.15. The number of rotatable bonds is 5. The first kappa shape index (κ1) is 21.0. The van der Waals surface area contributed by atoms with Gasteiger partial charge >= 0.3 is 6.03 Å². The highest BCUT2D eigenvalue weighted by atomic mass is 16.2. The third kappa shape index (κ3) is 5.08. The van der Waals surface area contributed by atoms with E-state index in [2.05, 4.69) is 53.1 Å². The number of amides is 2. The Morgan fingerprint density at radius 2 is 1.65 bits per heavy atom. The molecular weight excluding hydrogens is 386 g/mol. The average molecular weight is 418 g/mol. The lowest BCUT2D eigenvalue weighted by molar-refractivity contribution is 0.243. The minimum absolute atomic E-state index is 0.127. The van der Waals surface area contributed by atoms with Crippen molar-refractivity contribution in [2.24, 2.45) is 0 Å². The second kappa shape index (κ2) is 9.25. The SMILES string of the molecule is Cc1ccccc1NC(=O)N[C@H]1CC[C@@H](Nc2cc(N(C)C)c3ccccc3n2)CC1. The van der Waals surface area contributed by atoms with Crippen molar-refractivity contribution in [3.63, 3.8) is 0 Å². The van der Waals surface area contributed by atoms with Crippen LogP contribution >= 0.6 is 0 Å². The van der Waals surface area contributed by atoms with Crippen LogP contribution in [0, 0.1) is 6.92 Å². The van der Waals surface area contributed by atoms with Crippen LogP contribution in [0.25, 0.3) is 10.9 Å². The Hall–Kier alpha value is -3.28. The summed E-state index contributed by atoms with van der Waals surface area (Å²) in [6, 6.07) is 18.6. The molecule has 1 aliphatic rings. The van der Waals surface area contributed by atoms with E-state index in [0.29, 0.717) is 6.04 Å². The van der Waals surface area contributed by atoms with Gasteiger partial charge in [-0.2, -0.15) is 0 Å². The quantitative estimate of drug-likeness (QED) is 0.537. The van der Waals surface area contributed by atoms with Crippen LogP contribution in [0.3, 0.4) is 0 Å². The zero-order valence-electron chi connectivity index (χ0n) is 18.5. The van der Waals surface area contributed by atoms with E-state index < -0.39 is 0 Å². The molecule has 0 aliphatic heterocycles. The highest BCUT2D eigenvalue weighted by Crippen LogP contribution is 2.29. The number of aryl methyl sites for hydroxylation is 1. The molecule has 1 aromatic heterocycles. The lowest BCUT2D eigenvalue weighted by Gasteiger charge is -2.30. The van der Waals surface area contributed by atoms with Crippen molar-refractivity contribution in [2.45, 2.75) is 44.7 Å². The molecule has 2 aromatic carbocycles. The fourth-order valence-corrected chi connectivity index (χ4v) is 4.25. The van der Waals surface area contributed by atoms with E-state index in [1.165, 1.54) is 0 Å². The van der Waals surface area contributed by atoms with Gasteiger partial charge < -0.3 is 20.9 Å². The average Bonchev–Trinajstić information content (AvgIpc) is 2.76. The second-order valence-electron chi connectivity index (χ2n) is 8.54. The van der Waals surface area contributed by atoms with Crippen LogP contribution in [-0.4, -0.2) is 37.2 Å². The molecule has 162 valence electrons. The number of carbonyl (C=O) groups is 1. The fraction of sp³-hybridized carbons (Fsp3) is 0.360. The van der Waals surface area contributed by atoms with Crippen molar-refractivity contribution < 1.29 is 4.79 Å². The monoisotopic (exact) mass is 417 g/mol. The van der Waals surface area contributed by atoms with Gasteiger partial charge in [-0.3, -0.25) is 0 Å². The maximum absolute atomic E-state index is 12.4. The van der Waals surface area contributed by atoms with Crippen LogP contribution in [0.15, 0.2) is 54.6 Å². The minimum atomic E-state index is -0.127. The Morgan fingerprint density at radius 3 is 2.39 bits per heavy atom. The van der Waals surface area contributed by atoms with Crippen molar-refractivity contribution in [1.82, 2.24) is 10.3 Å². The van der Waals surface area contributed by atoms with E-state index >= 15 is 0 Å². The summed E-state index contributed by atoms with van der Waals surface area (Å²) in [5.74, 6) is 0.913. The number of carbonyl (C=O) groups excluding carboxylic acids is 1. The number of nitrogens with one attached hydrogen (secondary N) is 3. The Balaban J connectivity index is 1.33. The summed E-state index contributed by atoms with van der Waals surface area (Å²) in [5, 5.41) is 10.9. The van der Waals surface area contributed by atoms with Gasteiger partial charge in [0.15, 0.2) is 0 Å². The molecule has 0 unspecified atom stereocenters. The van der Waals surface area contributed by atoms with Crippen molar-refractivity contribution >= 4 is 34.1 Å². The summed E-state index contributed by atoms with van der Waals surface area (Å²) in [6.45, 7) is 2.00. The van der Waals surface area contributed by atoms with E-state index in [-0.39, 0.29) is 12.1 Å². The standard InChI is InChI=1S/C25H31N5O/c1-17-8-4-6-10-21(17)29-25(31)27-19-14-12-18(13-15-19)26-24-16-23(30(2)3)20-9-5-7-11-22(20)28-24/h4-11,16,18-19H,12-15H2,1-3H3,(H,26,28)(H2,27,29,31)/t18-,19+. The maximum Gasteiger partial charge on any atom is 0.319 e. The number of aromatic nitrogens is 1. The molecule has 6 nitrogen and oxygen atoms in total. The van der Waals surface area contributed by atoms with Gasteiger partial charge in [-0.1, -0.05) is 36.4 Å². The van der Waals surface area contributed by atoms with Crippen LogP contribution in [0.2, 0.25) is 0 Å². The summed E-state index contributed by atoms with van der Waals surface area (Å²) in [5.41, 5.74) is 4.08. The third-order valence-corrected chi connectivity index (χ3v) is 5.98. The molecule has 4 rings (SSSR count). The molecule has 1 fully saturated rings. The van der Waals surface area contributed by atoms with Crippen molar-refractivity contribution in [2.75, 3.05) is 29.6 Å². The first-order valence-electron chi connectivity index (χ1n) is 11.0. The predicted molar refractivity (Wildman–Crippen MR) is 129 cm³/mol. The van der Waals surface area contributed by atoms with E-state index in [1.54, 1.807) is 0 Å². The van der Waals surface area contributed by atoms with Gasteiger partial charge in [0, 0.05) is 49.0 Å². The molecule has 0 radical (unpaired) electrons. The Kier molecular flexibility index (Phi) is 6.26. The number of hydrogen-bond donors (Lipinski definition) is 3. The fourth-order valence-electron chi connectivity index (χ4n) is 4.25. The van der Waals surface area contributed by atoms with E-state index in [9.17, 15) is 4.79 Å². The normalized spacial score (nSPS) is 18.4. The molecule has 0 atom stereocenters. The van der Waals surface area contributed by atoms with Gasteiger partial charge in [0.25, 0.3) is 0 Å². The topological polar surface area (TPSA) is 69.3 Å².